The maximum absolute atomic E-state index is 5.01. The average molecular weight is 215 g/mol. The van der Waals surface area contributed by atoms with Crippen molar-refractivity contribution in [3.8, 4) is 0 Å². The fourth-order valence-electron chi connectivity index (χ4n) is 1.66. The third-order valence-corrected chi connectivity index (χ3v) is 2.81. The zero-order valence-corrected chi connectivity index (χ0v) is 9.79. The predicted octanol–water partition coefficient (Wildman–Crippen LogP) is 3.19. The molecule has 0 aliphatic rings. The largest absolute Gasteiger partial charge is 0.472 e. The summed E-state index contributed by atoms with van der Waals surface area (Å²) < 4.78 is 5.01. The van der Waals surface area contributed by atoms with Gasteiger partial charge in [-0.2, -0.15) is 0 Å². The molecular weight excluding hydrogens is 198 g/mol. The van der Waals surface area contributed by atoms with Gasteiger partial charge >= 0.3 is 0 Å². The van der Waals surface area contributed by atoms with E-state index in [2.05, 4.69) is 37.4 Å². The number of hydrogen-bond donors (Lipinski definition) is 1. The van der Waals surface area contributed by atoms with Gasteiger partial charge in [-0.3, -0.25) is 0 Å². The van der Waals surface area contributed by atoms with Crippen LogP contribution in [0.25, 0.3) is 0 Å². The Morgan fingerprint density at radius 2 is 1.81 bits per heavy atom. The van der Waals surface area contributed by atoms with Crippen LogP contribution in [0.4, 0.5) is 0 Å². The van der Waals surface area contributed by atoms with Crippen LogP contribution >= 0.6 is 0 Å². The minimum Gasteiger partial charge on any atom is -0.472 e. The molecule has 1 aromatic heterocycles. The molecule has 2 nitrogen and oxygen atoms in total. The Balaban J connectivity index is 1.87. The van der Waals surface area contributed by atoms with Gasteiger partial charge in [0.25, 0.3) is 0 Å². The van der Waals surface area contributed by atoms with Crippen molar-refractivity contribution in [3.05, 3.63) is 59.0 Å². The number of rotatable bonds is 4. The SMILES string of the molecule is Cc1ccc(CNCc2ccoc2)cc1C. The van der Waals surface area contributed by atoms with E-state index in [0.29, 0.717) is 0 Å². The Hall–Kier alpha value is -1.54. The zero-order chi connectivity index (χ0) is 11.4. The predicted molar refractivity (Wildman–Crippen MR) is 65.2 cm³/mol. The second-order valence-corrected chi connectivity index (χ2v) is 4.15. The third-order valence-electron chi connectivity index (χ3n) is 2.81. The van der Waals surface area contributed by atoms with E-state index < -0.39 is 0 Å². The molecule has 0 radical (unpaired) electrons. The van der Waals surface area contributed by atoms with Gasteiger partial charge in [0, 0.05) is 18.7 Å². The molecule has 2 heteroatoms. The summed E-state index contributed by atoms with van der Waals surface area (Å²) in [6.07, 6.45) is 3.47. The summed E-state index contributed by atoms with van der Waals surface area (Å²) in [5.74, 6) is 0. The Bertz CT molecular complexity index is 446. The highest BCUT2D eigenvalue weighted by molar-refractivity contribution is 5.29. The van der Waals surface area contributed by atoms with Crippen LogP contribution in [0.3, 0.4) is 0 Å². The monoisotopic (exact) mass is 215 g/mol. The van der Waals surface area contributed by atoms with Crippen molar-refractivity contribution < 1.29 is 4.42 Å². The molecule has 0 unspecified atom stereocenters. The molecule has 0 saturated carbocycles. The molecule has 1 N–H and O–H groups in total. The lowest BCUT2D eigenvalue weighted by Crippen LogP contribution is -2.12. The Morgan fingerprint density at radius 3 is 2.50 bits per heavy atom. The molecule has 0 fully saturated rings. The maximum Gasteiger partial charge on any atom is 0.0947 e. The average Bonchev–Trinajstić information content (AvgIpc) is 2.76. The van der Waals surface area contributed by atoms with Gasteiger partial charge in [-0.1, -0.05) is 18.2 Å². The molecule has 2 rings (SSSR count). The molecule has 0 saturated heterocycles. The van der Waals surface area contributed by atoms with Crippen molar-refractivity contribution in [2.24, 2.45) is 0 Å². The first-order valence-electron chi connectivity index (χ1n) is 5.53. The Kier molecular flexibility index (Phi) is 3.42. The molecule has 0 bridgehead atoms. The summed E-state index contributed by atoms with van der Waals surface area (Å²) in [5.41, 5.74) is 5.21. The standard InChI is InChI=1S/C14H17NO/c1-11-3-4-13(7-12(11)2)8-15-9-14-5-6-16-10-14/h3-7,10,15H,8-9H2,1-2H3. The molecule has 0 amide bonds. The first kappa shape index (κ1) is 11.0. The summed E-state index contributed by atoms with van der Waals surface area (Å²) in [5, 5.41) is 3.39. The van der Waals surface area contributed by atoms with E-state index in [9.17, 15) is 0 Å². The first-order valence-corrected chi connectivity index (χ1v) is 5.53. The summed E-state index contributed by atoms with van der Waals surface area (Å²) in [6.45, 7) is 6.03. The van der Waals surface area contributed by atoms with Crippen molar-refractivity contribution >= 4 is 0 Å². The van der Waals surface area contributed by atoms with Crippen molar-refractivity contribution in [1.29, 1.82) is 0 Å². The van der Waals surface area contributed by atoms with E-state index in [4.69, 9.17) is 4.42 Å². The quantitative estimate of drug-likeness (QED) is 0.847. The summed E-state index contributed by atoms with van der Waals surface area (Å²) in [6, 6.07) is 8.56. The molecule has 2 aromatic rings. The zero-order valence-electron chi connectivity index (χ0n) is 9.79. The fourth-order valence-corrected chi connectivity index (χ4v) is 1.66. The maximum atomic E-state index is 5.01. The normalized spacial score (nSPS) is 10.6. The molecule has 84 valence electrons. The van der Waals surface area contributed by atoms with Crippen molar-refractivity contribution in [3.63, 3.8) is 0 Å². The van der Waals surface area contributed by atoms with Crippen LogP contribution in [0.5, 0.6) is 0 Å². The number of aryl methyl sites for hydroxylation is 2. The number of nitrogens with one attached hydrogen (secondary N) is 1. The minimum atomic E-state index is 0.851. The van der Waals surface area contributed by atoms with Gasteiger partial charge in [0.05, 0.1) is 12.5 Å². The van der Waals surface area contributed by atoms with E-state index in [1.807, 2.05) is 6.07 Å². The molecule has 0 aliphatic carbocycles. The van der Waals surface area contributed by atoms with Crippen molar-refractivity contribution in [1.82, 2.24) is 5.32 Å². The van der Waals surface area contributed by atoms with E-state index in [1.165, 1.54) is 22.3 Å². The highest BCUT2D eigenvalue weighted by Gasteiger charge is 1.97. The lowest BCUT2D eigenvalue weighted by molar-refractivity contribution is 0.560. The molecule has 1 aromatic carbocycles. The van der Waals surface area contributed by atoms with Crippen LogP contribution in [0, 0.1) is 13.8 Å². The highest BCUT2D eigenvalue weighted by Crippen LogP contribution is 2.09. The van der Waals surface area contributed by atoms with Crippen LogP contribution in [0.15, 0.2) is 41.2 Å². The summed E-state index contributed by atoms with van der Waals surface area (Å²) >= 11 is 0. The Morgan fingerprint density at radius 1 is 1.00 bits per heavy atom. The highest BCUT2D eigenvalue weighted by atomic mass is 16.3. The number of benzene rings is 1. The second kappa shape index (κ2) is 4.99. The Labute approximate surface area is 96.3 Å². The molecule has 0 atom stereocenters. The van der Waals surface area contributed by atoms with Gasteiger partial charge in [0.2, 0.25) is 0 Å². The van der Waals surface area contributed by atoms with Crippen LogP contribution < -0.4 is 5.32 Å². The second-order valence-electron chi connectivity index (χ2n) is 4.15. The molecule has 0 aliphatic heterocycles. The topological polar surface area (TPSA) is 25.2 Å². The van der Waals surface area contributed by atoms with E-state index in [1.54, 1.807) is 12.5 Å². The van der Waals surface area contributed by atoms with E-state index >= 15 is 0 Å². The fraction of sp³-hybridized carbons (Fsp3) is 0.286. The molecule has 1 heterocycles. The lowest BCUT2D eigenvalue weighted by Gasteiger charge is -2.06. The van der Waals surface area contributed by atoms with Gasteiger partial charge in [-0.25, -0.2) is 0 Å². The van der Waals surface area contributed by atoms with Crippen molar-refractivity contribution in [2.75, 3.05) is 0 Å². The van der Waals surface area contributed by atoms with Crippen molar-refractivity contribution in [2.45, 2.75) is 26.9 Å². The van der Waals surface area contributed by atoms with Gasteiger partial charge in [0.1, 0.15) is 0 Å². The molecular formula is C14H17NO. The number of furan rings is 1. The third kappa shape index (κ3) is 2.74. The van der Waals surface area contributed by atoms with E-state index in [-0.39, 0.29) is 0 Å². The smallest absolute Gasteiger partial charge is 0.0947 e. The van der Waals surface area contributed by atoms with Gasteiger partial charge in [-0.15, -0.1) is 0 Å². The number of hydrogen-bond acceptors (Lipinski definition) is 2. The molecule has 0 spiro atoms. The lowest BCUT2D eigenvalue weighted by atomic mass is 10.1. The van der Waals surface area contributed by atoms with Crippen LogP contribution in [0.2, 0.25) is 0 Å². The molecule has 16 heavy (non-hydrogen) atoms. The first-order chi connectivity index (χ1) is 7.75. The van der Waals surface area contributed by atoms with Crippen LogP contribution in [0.1, 0.15) is 22.3 Å². The summed E-state index contributed by atoms with van der Waals surface area (Å²) in [4.78, 5) is 0. The van der Waals surface area contributed by atoms with Gasteiger partial charge in [0.15, 0.2) is 0 Å². The summed E-state index contributed by atoms with van der Waals surface area (Å²) in [7, 11) is 0. The van der Waals surface area contributed by atoms with E-state index in [0.717, 1.165) is 13.1 Å². The van der Waals surface area contributed by atoms with Crippen LogP contribution in [-0.2, 0) is 13.1 Å². The van der Waals surface area contributed by atoms with Crippen LogP contribution in [-0.4, -0.2) is 0 Å². The minimum absolute atomic E-state index is 0.851. The van der Waals surface area contributed by atoms with Gasteiger partial charge < -0.3 is 9.73 Å². The van der Waals surface area contributed by atoms with Gasteiger partial charge in [-0.05, 0) is 36.6 Å².